The van der Waals surface area contributed by atoms with Crippen molar-refractivity contribution in [1.82, 2.24) is 0 Å². The van der Waals surface area contributed by atoms with Crippen LogP contribution < -0.4 is 4.52 Å². The third-order valence-electron chi connectivity index (χ3n) is 5.60. The van der Waals surface area contributed by atoms with Crippen LogP contribution in [0.3, 0.4) is 0 Å². The quantitative estimate of drug-likeness (QED) is 0.111. The summed E-state index contributed by atoms with van der Waals surface area (Å²) in [6.07, 6.45) is 17.5. The van der Waals surface area contributed by atoms with Gasteiger partial charge in [-0.3, -0.25) is 0 Å². The summed E-state index contributed by atoms with van der Waals surface area (Å²) in [7, 11) is -3.95. The molecule has 6 nitrogen and oxygen atoms in total. The SMILES string of the molecule is CCCCC(CC)COP(O)Oc1ccccc1.CCCCCCCCCCCCOP(O)O. The highest BCUT2D eigenvalue weighted by molar-refractivity contribution is 7.41. The summed E-state index contributed by atoms with van der Waals surface area (Å²) in [4.78, 5) is 26.7. The van der Waals surface area contributed by atoms with Crippen molar-refractivity contribution >= 4 is 17.2 Å². The third-order valence-corrected chi connectivity index (χ3v) is 6.75. The highest BCUT2D eigenvalue weighted by atomic mass is 31.2. The molecule has 0 aliphatic rings. The van der Waals surface area contributed by atoms with E-state index in [0.29, 0.717) is 24.9 Å². The van der Waals surface area contributed by atoms with Gasteiger partial charge in [0, 0.05) is 0 Å². The summed E-state index contributed by atoms with van der Waals surface area (Å²) in [5.41, 5.74) is 0. The zero-order valence-corrected chi connectivity index (χ0v) is 23.5. The molecule has 2 unspecified atom stereocenters. The van der Waals surface area contributed by atoms with Crippen LogP contribution in [0.1, 0.15) is 111 Å². The van der Waals surface area contributed by atoms with Gasteiger partial charge in [-0.2, -0.15) is 0 Å². The summed E-state index contributed by atoms with van der Waals surface area (Å²) in [6.45, 7) is 7.64. The van der Waals surface area contributed by atoms with E-state index in [1.165, 1.54) is 64.2 Å². The Labute approximate surface area is 211 Å². The third kappa shape index (κ3) is 23.4. The van der Waals surface area contributed by atoms with Crippen molar-refractivity contribution in [3.63, 3.8) is 0 Å². The molecule has 0 amide bonds. The van der Waals surface area contributed by atoms with Gasteiger partial charge >= 0.3 is 17.2 Å². The Bertz CT molecular complexity index is 521. The van der Waals surface area contributed by atoms with E-state index in [1.807, 2.05) is 30.3 Å². The molecule has 0 radical (unpaired) electrons. The topological polar surface area (TPSA) is 88.4 Å². The van der Waals surface area contributed by atoms with Gasteiger partial charge in [0.25, 0.3) is 0 Å². The maximum absolute atomic E-state index is 9.69. The predicted molar refractivity (Wildman–Crippen MR) is 145 cm³/mol. The minimum atomic E-state index is -2.14. The summed E-state index contributed by atoms with van der Waals surface area (Å²) >= 11 is 0. The second-order valence-electron chi connectivity index (χ2n) is 8.62. The van der Waals surface area contributed by atoms with Crippen molar-refractivity contribution in [2.75, 3.05) is 13.2 Å². The Morgan fingerprint density at radius 3 is 1.79 bits per heavy atom. The van der Waals surface area contributed by atoms with Crippen molar-refractivity contribution in [1.29, 1.82) is 0 Å². The first-order valence-electron chi connectivity index (χ1n) is 13.2. The Morgan fingerprint density at radius 2 is 1.26 bits per heavy atom. The smallest absolute Gasteiger partial charge is 0.394 e. The lowest BCUT2D eigenvalue weighted by atomic mass is 10.0. The lowest BCUT2D eigenvalue weighted by Crippen LogP contribution is -2.07. The van der Waals surface area contributed by atoms with E-state index in [0.717, 1.165) is 25.7 Å². The zero-order chi connectivity index (χ0) is 25.3. The molecule has 3 N–H and O–H groups in total. The molecule has 0 fully saturated rings. The van der Waals surface area contributed by atoms with E-state index >= 15 is 0 Å². The van der Waals surface area contributed by atoms with Gasteiger partial charge in [-0.1, -0.05) is 116 Å². The summed E-state index contributed by atoms with van der Waals surface area (Å²) in [5, 5.41) is 0. The van der Waals surface area contributed by atoms with Gasteiger partial charge in [0.05, 0.1) is 13.2 Å². The Balaban J connectivity index is 0.000000646. The average Bonchev–Trinajstić information content (AvgIpc) is 2.83. The molecule has 1 aromatic carbocycles. The molecule has 0 saturated heterocycles. The number of hydrogen-bond donors (Lipinski definition) is 3. The average molecular weight is 521 g/mol. The van der Waals surface area contributed by atoms with Crippen LogP contribution in [0.2, 0.25) is 0 Å². The van der Waals surface area contributed by atoms with Gasteiger partial charge in [0.2, 0.25) is 0 Å². The van der Waals surface area contributed by atoms with Gasteiger partial charge < -0.3 is 28.3 Å². The Morgan fingerprint density at radius 1 is 0.706 bits per heavy atom. The summed E-state index contributed by atoms with van der Waals surface area (Å²) in [5.74, 6) is 1.16. The number of hydrogen-bond acceptors (Lipinski definition) is 6. The summed E-state index contributed by atoms with van der Waals surface area (Å²) in [6, 6.07) is 9.26. The predicted octanol–water partition coefficient (Wildman–Crippen LogP) is 8.65. The lowest BCUT2D eigenvalue weighted by Gasteiger charge is -2.17. The van der Waals surface area contributed by atoms with Crippen molar-refractivity contribution < 1.29 is 28.3 Å². The molecule has 2 atom stereocenters. The van der Waals surface area contributed by atoms with Crippen LogP contribution in [-0.2, 0) is 9.05 Å². The van der Waals surface area contributed by atoms with E-state index in [4.69, 9.17) is 18.8 Å². The number of para-hydroxylation sites is 1. The van der Waals surface area contributed by atoms with Crippen LogP contribution in [0.5, 0.6) is 5.75 Å². The van der Waals surface area contributed by atoms with Gasteiger partial charge in [0.1, 0.15) is 5.75 Å². The van der Waals surface area contributed by atoms with E-state index in [2.05, 4.69) is 25.3 Å². The van der Waals surface area contributed by atoms with Crippen molar-refractivity contribution in [2.24, 2.45) is 5.92 Å². The van der Waals surface area contributed by atoms with E-state index in [9.17, 15) is 4.89 Å². The second-order valence-corrected chi connectivity index (χ2v) is 10.3. The molecule has 0 saturated carbocycles. The molecule has 0 spiro atoms. The Kier molecular flexibility index (Phi) is 25.5. The van der Waals surface area contributed by atoms with Crippen molar-refractivity contribution in [2.45, 2.75) is 111 Å². The molecule has 1 aromatic rings. The first-order valence-corrected chi connectivity index (χ1v) is 15.5. The molecule has 34 heavy (non-hydrogen) atoms. The number of rotatable bonds is 21. The zero-order valence-electron chi connectivity index (χ0n) is 21.7. The molecule has 0 aliphatic carbocycles. The first kappa shape index (κ1) is 33.7. The van der Waals surface area contributed by atoms with Crippen LogP contribution in [-0.4, -0.2) is 27.9 Å². The van der Waals surface area contributed by atoms with Crippen LogP contribution in [0, 0.1) is 5.92 Å². The van der Waals surface area contributed by atoms with E-state index in [1.54, 1.807) is 0 Å². The molecular formula is C26H50O6P2. The van der Waals surface area contributed by atoms with Crippen LogP contribution >= 0.6 is 17.2 Å². The van der Waals surface area contributed by atoms with Crippen LogP contribution in [0.4, 0.5) is 0 Å². The highest BCUT2D eigenvalue weighted by Gasteiger charge is 2.13. The molecule has 0 aliphatic heterocycles. The van der Waals surface area contributed by atoms with Gasteiger partial charge in [-0.05, 0) is 30.9 Å². The van der Waals surface area contributed by atoms with Gasteiger partial charge in [-0.15, -0.1) is 0 Å². The summed E-state index contributed by atoms with van der Waals surface area (Å²) < 4.78 is 15.4. The van der Waals surface area contributed by atoms with Crippen molar-refractivity contribution in [3.8, 4) is 5.75 Å². The lowest BCUT2D eigenvalue weighted by molar-refractivity contribution is 0.204. The fourth-order valence-corrected chi connectivity index (χ4v) is 4.39. The maximum atomic E-state index is 9.69. The van der Waals surface area contributed by atoms with Crippen LogP contribution in [0.25, 0.3) is 0 Å². The molecule has 200 valence electrons. The van der Waals surface area contributed by atoms with E-state index in [-0.39, 0.29) is 0 Å². The molecule has 8 heteroatoms. The number of benzene rings is 1. The van der Waals surface area contributed by atoms with Crippen molar-refractivity contribution in [3.05, 3.63) is 30.3 Å². The minimum Gasteiger partial charge on any atom is -0.427 e. The monoisotopic (exact) mass is 520 g/mol. The molecule has 0 aromatic heterocycles. The number of unbranched alkanes of at least 4 members (excludes halogenated alkanes) is 10. The molecular weight excluding hydrogens is 470 g/mol. The van der Waals surface area contributed by atoms with Gasteiger partial charge in [-0.25, -0.2) is 0 Å². The normalized spacial score (nSPS) is 12.8. The second kappa shape index (κ2) is 25.8. The van der Waals surface area contributed by atoms with Gasteiger partial charge in [0.15, 0.2) is 0 Å². The fourth-order valence-electron chi connectivity index (χ4n) is 3.40. The maximum Gasteiger partial charge on any atom is 0.394 e. The highest BCUT2D eigenvalue weighted by Crippen LogP contribution is 2.35. The standard InChI is InChI=1S/C14H23O3P.C12H27O3P/c1-3-5-9-13(4-2)12-16-18(15)17-14-10-7-6-8-11-14;1-2-3-4-5-6-7-8-9-10-11-12-15-16(13)14/h6-8,10-11,13,15H,3-5,9,12H2,1-2H3;13-14H,2-12H2,1H3. The first-order chi connectivity index (χ1) is 16.5. The van der Waals surface area contributed by atoms with Crippen LogP contribution in [0.15, 0.2) is 30.3 Å². The minimum absolute atomic E-state index is 0.481. The molecule has 1 rings (SSSR count). The fraction of sp³-hybridized carbons (Fsp3) is 0.769. The largest absolute Gasteiger partial charge is 0.427 e. The molecule has 0 heterocycles. The Hall–Kier alpha value is -0.320. The molecule has 0 bridgehead atoms. The van der Waals surface area contributed by atoms with E-state index < -0.39 is 17.2 Å².